The van der Waals surface area contributed by atoms with E-state index in [0.717, 1.165) is 48.6 Å². The summed E-state index contributed by atoms with van der Waals surface area (Å²) in [5, 5.41) is 4.41. The van der Waals surface area contributed by atoms with E-state index in [2.05, 4.69) is 49.2 Å². The Morgan fingerprint density at radius 2 is 1.75 bits per heavy atom. The number of likely N-dealkylation sites (N-methyl/N-ethyl adjacent to an activating group) is 1. The number of anilines is 3. The Kier molecular flexibility index (Phi) is 3.96. The van der Waals surface area contributed by atoms with Gasteiger partial charge in [0.2, 0.25) is 5.95 Å². The fraction of sp³-hybridized carbons (Fsp3) is 0.278. The molecule has 1 aromatic carbocycles. The Bertz CT molecular complexity index is 836. The molecule has 1 aliphatic heterocycles. The highest BCUT2D eigenvalue weighted by Gasteiger charge is 2.16. The molecule has 6 nitrogen and oxygen atoms in total. The molecule has 4 rings (SSSR count). The van der Waals surface area contributed by atoms with E-state index >= 15 is 0 Å². The second kappa shape index (κ2) is 6.41. The first kappa shape index (κ1) is 14.8. The molecule has 122 valence electrons. The summed E-state index contributed by atoms with van der Waals surface area (Å²) < 4.78 is 0. The summed E-state index contributed by atoms with van der Waals surface area (Å²) in [6.07, 6.45) is 3.61. The molecule has 0 amide bonds. The van der Waals surface area contributed by atoms with Crippen molar-refractivity contribution in [3.63, 3.8) is 0 Å². The molecular weight excluding hydrogens is 300 g/mol. The van der Waals surface area contributed by atoms with Gasteiger partial charge in [0.1, 0.15) is 5.82 Å². The van der Waals surface area contributed by atoms with Crippen LogP contribution in [0, 0.1) is 0 Å². The molecule has 0 unspecified atom stereocenters. The van der Waals surface area contributed by atoms with Crippen molar-refractivity contribution in [1.82, 2.24) is 19.9 Å². The quantitative estimate of drug-likeness (QED) is 0.800. The van der Waals surface area contributed by atoms with Crippen molar-refractivity contribution in [2.24, 2.45) is 0 Å². The first-order chi connectivity index (χ1) is 11.8. The average molecular weight is 320 g/mol. The summed E-state index contributed by atoms with van der Waals surface area (Å²) in [5.41, 5.74) is 1.84. The van der Waals surface area contributed by atoms with Gasteiger partial charge >= 0.3 is 0 Å². The van der Waals surface area contributed by atoms with Crippen molar-refractivity contribution >= 4 is 28.4 Å². The lowest BCUT2D eigenvalue weighted by Crippen LogP contribution is -2.44. The summed E-state index contributed by atoms with van der Waals surface area (Å²) >= 11 is 0. The third-order valence-corrected chi connectivity index (χ3v) is 4.35. The second-order valence-electron chi connectivity index (χ2n) is 6.03. The van der Waals surface area contributed by atoms with E-state index in [-0.39, 0.29) is 0 Å². The number of fused-ring (bicyclic) bond motifs is 1. The lowest BCUT2D eigenvalue weighted by Gasteiger charge is -2.33. The zero-order chi connectivity index (χ0) is 16.4. The van der Waals surface area contributed by atoms with Crippen LogP contribution in [0.3, 0.4) is 0 Å². The molecule has 1 N–H and O–H groups in total. The zero-order valence-corrected chi connectivity index (χ0v) is 13.7. The number of hydrogen-bond acceptors (Lipinski definition) is 6. The highest BCUT2D eigenvalue weighted by molar-refractivity contribution is 5.91. The van der Waals surface area contributed by atoms with Crippen molar-refractivity contribution in [1.29, 1.82) is 0 Å². The van der Waals surface area contributed by atoms with Crippen LogP contribution in [-0.2, 0) is 0 Å². The van der Waals surface area contributed by atoms with Gasteiger partial charge in [0.05, 0.1) is 11.2 Å². The van der Waals surface area contributed by atoms with Crippen LogP contribution in [-0.4, -0.2) is 53.1 Å². The van der Waals surface area contributed by atoms with E-state index in [9.17, 15) is 0 Å². The van der Waals surface area contributed by atoms with Gasteiger partial charge in [0, 0.05) is 44.0 Å². The Balaban J connectivity index is 1.59. The maximum absolute atomic E-state index is 4.68. The normalized spacial score (nSPS) is 15.6. The van der Waals surface area contributed by atoms with Crippen molar-refractivity contribution in [3.8, 4) is 0 Å². The average Bonchev–Trinajstić information content (AvgIpc) is 2.63. The molecule has 1 fully saturated rings. The number of para-hydroxylation sites is 1. The van der Waals surface area contributed by atoms with Crippen molar-refractivity contribution < 1.29 is 0 Å². The standard InChI is InChI=1S/C18H20N6/c1-23-10-12-24(13-11-23)16-7-9-20-18(22-16)21-15-6-2-4-14-5-3-8-19-17(14)15/h2-9H,10-13H2,1H3,(H,20,21,22). The molecule has 24 heavy (non-hydrogen) atoms. The number of nitrogens with one attached hydrogen (secondary N) is 1. The molecule has 1 saturated heterocycles. The van der Waals surface area contributed by atoms with Gasteiger partial charge in [0.25, 0.3) is 0 Å². The largest absolute Gasteiger partial charge is 0.354 e. The highest BCUT2D eigenvalue weighted by atomic mass is 15.3. The number of hydrogen-bond donors (Lipinski definition) is 1. The van der Waals surface area contributed by atoms with Crippen LogP contribution in [0.15, 0.2) is 48.8 Å². The smallest absolute Gasteiger partial charge is 0.229 e. The minimum absolute atomic E-state index is 0.601. The summed E-state index contributed by atoms with van der Waals surface area (Å²) in [7, 11) is 2.15. The van der Waals surface area contributed by atoms with E-state index in [1.807, 2.05) is 30.5 Å². The van der Waals surface area contributed by atoms with Crippen LogP contribution in [0.25, 0.3) is 10.9 Å². The maximum Gasteiger partial charge on any atom is 0.229 e. The number of rotatable bonds is 3. The van der Waals surface area contributed by atoms with Crippen molar-refractivity contribution in [2.75, 3.05) is 43.4 Å². The van der Waals surface area contributed by atoms with Gasteiger partial charge in [-0.3, -0.25) is 4.98 Å². The van der Waals surface area contributed by atoms with Gasteiger partial charge in [-0.15, -0.1) is 0 Å². The first-order valence-corrected chi connectivity index (χ1v) is 8.17. The zero-order valence-electron chi connectivity index (χ0n) is 13.7. The van der Waals surface area contributed by atoms with E-state index in [1.54, 1.807) is 6.20 Å². The second-order valence-corrected chi connectivity index (χ2v) is 6.03. The molecule has 6 heteroatoms. The molecule has 0 aliphatic carbocycles. The molecule has 0 saturated carbocycles. The topological polar surface area (TPSA) is 57.2 Å². The number of pyridine rings is 1. The molecule has 0 radical (unpaired) electrons. The summed E-state index contributed by atoms with van der Waals surface area (Å²) in [6, 6.07) is 12.0. The lowest BCUT2D eigenvalue weighted by atomic mass is 10.2. The van der Waals surface area contributed by atoms with Crippen LogP contribution in [0.5, 0.6) is 0 Å². The molecule has 3 heterocycles. The number of benzene rings is 1. The monoisotopic (exact) mass is 320 g/mol. The van der Waals surface area contributed by atoms with E-state index in [4.69, 9.17) is 0 Å². The molecule has 0 spiro atoms. The number of aromatic nitrogens is 3. The van der Waals surface area contributed by atoms with Crippen LogP contribution < -0.4 is 10.2 Å². The van der Waals surface area contributed by atoms with Gasteiger partial charge in [-0.25, -0.2) is 4.98 Å². The third-order valence-electron chi connectivity index (χ3n) is 4.35. The fourth-order valence-electron chi connectivity index (χ4n) is 2.95. The van der Waals surface area contributed by atoms with Gasteiger partial charge in [0.15, 0.2) is 0 Å². The van der Waals surface area contributed by atoms with E-state index in [1.165, 1.54) is 0 Å². The Morgan fingerprint density at radius 3 is 2.62 bits per heavy atom. The Morgan fingerprint density at radius 1 is 0.917 bits per heavy atom. The summed E-state index contributed by atoms with van der Waals surface area (Å²) in [4.78, 5) is 18.1. The SMILES string of the molecule is CN1CCN(c2ccnc(Nc3cccc4cccnc34)n2)CC1. The fourth-order valence-corrected chi connectivity index (χ4v) is 2.95. The highest BCUT2D eigenvalue weighted by Crippen LogP contribution is 2.24. The molecule has 1 aliphatic rings. The van der Waals surface area contributed by atoms with Gasteiger partial charge in [-0.2, -0.15) is 4.98 Å². The summed E-state index contributed by atoms with van der Waals surface area (Å²) in [5.74, 6) is 1.57. The van der Waals surface area contributed by atoms with Crippen LogP contribution >= 0.6 is 0 Å². The number of nitrogens with zero attached hydrogens (tertiary/aromatic N) is 5. The third kappa shape index (κ3) is 3.00. The minimum Gasteiger partial charge on any atom is -0.354 e. The molecule has 2 aromatic heterocycles. The first-order valence-electron chi connectivity index (χ1n) is 8.17. The van der Waals surface area contributed by atoms with E-state index in [0.29, 0.717) is 5.95 Å². The maximum atomic E-state index is 4.68. The van der Waals surface area contributed by atoms with E-state index < -0.39 is 0 Å². The lowest BCUT2D eigenvalue weighted by molar-refractivity contribution is 0.312. The molecule has 0 bridgehead atoms. The van der Waals surface area contributed by atoms with Gasteiger partial charge in [-0.1, -0.05) is 18.2 Å². The molecule has 0 atom stereocenters. The molecular formula is C18H20N6. The number of piperazine rings is 1. The predicted molar refractivity (Wildman–Crippen MR) is 96.8 cm³/mol. The van der Waals surface area contributed by atoms with Crippen molar-refractivity contribution in [2.45, 2.75) is 0 Å². The summed E-state index contributed by atoms with van der Waals surface area (Å²) in [6.45, 7) is 4.09. The Labute approximate surface area is 141 Å². The van der Waals surface area contributed by atoms with Gasteiger partial charge in [-0.05, 0) is 25.2 Å². The minimum atomic E-state index is 0.601. The van der Waals surface area contributed by atoms with Crippen molar-refractivity contribution in [3.05, 3.63) is 48.8 Å². The van der Waals surface area contributed by atoms with Crippen LogP contribution in [0.4, 0.5) is 17.5 Å². The Hall–Kier alpha value is -2.73. The van der Waals surface area contributed by atoms with Gasteiger partial charge < -0.3 is 15.1 Å². The molecule has 3 aromatic rings. The van der Waals surface area contributed by atoms with Crippen LogP contribution in [0.1, 0.15) is 0 Å². The van der Waals surface area contributed by atoms with Crippen LogP contribution in [0.2, 0.25) is 0 Å². The predicted octanol–water partition coefficient (Wildman–Crippen LogP) is 2.52.